The van der Waals surface area contributed by atoms with E-state index in [1.165, 1.54) is 12.8 Å². The minimum Gasteiger partial charge on any atom is -0.480 e. The van der Waals surface area contributed by atoms with Crippen LogP contribution in [0.5, 0.6) is 0 Å². The van der Waals surface area contributed by atoms with Gasteiger partial charge in [-0.3, -0.25) is 4.79 Å². The lowest BCUT2D eigenvalue weighted by Crippen LogP contribution is -2.50. The number of carbonyl (C=O) groups excluding carboxylic acids is 1. The van der Waals surface area contributed by atoms with Crippen molar-refractivity contribution < 1.29 is 14.7 Å². The third-order valence-electron chi connectivity index (χ3n) is 4.31. The van der Waals surface area contributed by atoms with Crippen molar-refractivity contribution in [3.63, 3.8) is 0 Å². The number of rotatable bonds is 4. The SMILES string of the molecule is CC1CCN(C(=O)CCN2CCCC2)C(C(=O)O)C1. The van der Waals surface area contributed by atoms with Crippen molar-refractivity contribution in [2.24, 2.45) is 5.92 Å². The number of piperidine rings is 1. The first-order valence-electron chi connectivity index (χ1n) is 7.32. The van der Waals surface area contributed by atoms with Crippen molar-refractivity contribution in [3.05, 3.63) is 0 Å². The molecule has 0 spiro atoms. The van der Waals surface area contributed by atoms with Crippen LogP contribution in [-0.2, 0) is 9.59 Å². The maximum absolute atomic E-state index is 12.2. The Morgan fingerprint density at radius 2 is 1.89 bits per heavy atom. The molecule has 2 fully saturated rings. The van der Waals surface area contributed by atoms with Gasteiger partial charge in [-0.2, -0.15) is 0 Å². The molecule has 0 aromatic rings. The summed E-state index contributed by atoms with van der Waals surface area (Å²) in [5.74, 6) is -0.462. The van der Waals surface area contributed by atoms with Gasteiger partial charge in [0.05, 0.1) is 0 Å². The van der Waals surface area contributed by atoms with E-state index in [0.717, 1.165) is 26.1 Å². The van der Waals surface area contributed by atoms with E-state index in [-0.39, 0.29) is 5.91 Å². The van der Waals surface area contributed by atoms with E-state index in [2.05, 4.69) is 11.8 Å². The van der Waals surface area contributed by atoms with Gasteiger partial charge >= 0.3 is 5.97 Å². The van der Waals surface area contributed by atoms with E-state index < -0.39 is 12.0 Å². The summed E-state index contributed by atoms with van der Waals surface area (Å²) in [5.41, 5.74) is 0. The zero-order chi connectivity index (χ0) is 13.8. The number of carboxylic acids is 1. The Morgan fingerprint density at radius 1 is 1.21 bits per heavy atom. The molecule has 2 aliphatic rings. The summed E-state index contributed by atoms with van der Waals surface area (Å²) in [7, 11) is 0. The van der Waals surface area contributed by atoms with E-state index in [4.69, 9.17) is 0 Å². The molecule has 2 saturated heterocycles. The van der Waals surface area contributed by atoms with Gasteiger partial charge in [0, 0.05) is 19.5 Å². The maximum atomic E-state index is 12.2. The maximum Gasteiger partial charge on any atom is 0.326 e. The summed E-state index contributed by atoms with van der Waals surface area (Å²) >= 11 is 0. The molecule has 0 aromatic carbocycles. The average molecular weight is 268 g/mol. The fraction of sp³-hybridized carbons (Fsp3) is 0.857. The molecule has 1 N–H and O–H groups in total. The first-order chi connectivity index (χ1) is 9.08. The summed E-state index contributed by atoms with van der Waals surface area (Å²) in [5, 5.41) is 9.25. The van der Waals surface area contributed by atoms with Gasteiger partial charge < -0.3 is 14.9 Å². The van der Waals surface area contributed by atoms with Crippen LogP contribution >= 0.6 is 0 Å². The Hall–Kier alpha value is -1.10. The number of amides is 1. The van der Waals surface area contributed by atoms with Crippen LogP contribution in [0.1, 0.15) is 39.0 Å². The van der Waals surface area contributed by atoms with Crippen LogP contribution in [0.2, 0.25) is 0 Å². The molecule has 2 heterocycles. The van der Waals surface area contributed by atoms with Gasteiger partial charge in [0.25, 0.3) is 0 Å². The van der Waals surface area contributed by atoms with Gasteiger partial charge in [0.15, 0.2) is 0 Å². The van der Waals surface area contributed by atoms with E-state index in [1.54, 1.807) is 4.90 Å². The van der Waals surface area contributed by atoms with E-state index in [0.29, 0.717) is 25.3 Å². The van der Waals surface area contributed by atoms with Gasteiger partial charge in [0.1, 0.15) is 6.04 Å². The van der Waals surface area contributed by atoms with Crippen LogP contribution in [-0.4, -0.2) is 59.0 Å². The van der Waals surface area contributed by atoms with Crippen LogP contribution in [0.4, 0.5) is 0 Å². The zero-order valence-corrected chi connectivity index (χ0v) is 11.7. The largest absolute Gasteiger partial charge is 0.480 e. The number of hydrogen-bond donors (Lipinski definition) is 1. The molecule has 0 radical (unpaired) electrons. The molecule has 19 heavy (non-hydrogen) atoms. The number of hydrogen-bond acceptors (Lipinski definition) is 3. The Morgan fingerprint density at radius 3 is 2.53 bits per heavy atom. The van der Waals surface area contributed by atoms with Crippen molar-refractivity contribution >= 4 is 11.9 Å². The molecular formula is C14H24N2O3. The highest BCUT2D eigenvalue weighted by Gasteiger charge is 2.34. The molecular weight excluding hydrogens is 244 g/mol. The van der Waals surface area contributed by atoms with Crippen LogP contribution in [0.15, 0.2) is 0 Å². The lowest BCUT2D eigenvalue weighted by Gasteiger charge is -2.36. The summed E-state index contributed by atoms with van der Waals surface area (Å²) < 4.78 is 0. The van der Waals surface area contributed by atoms with Crippen molar-refractivity contribution in [2.45, 2.75) is 45.1 Å². The average Bonchev–Trinajstić information content (AvgIpc) is 2.88. The Kier molecular flexibility index (Phi) is 4.80. The molecule has 0 bridgehead atoms. The van der Waals surface area contributed by atoms with Crippen LogP contribution in [0.25, 0.3) is 0 Å². The molecule has 0 aliphatic carbocycles. The molecule has 2 atom stereocenters. The van der Waals surface area contributed by atoms with E-state index in [9.17, 15) is 14.7 Å². The lowest BCUT2D eigenvalue weighted by atomic mass is 9.92. The number of aliphatic carboxylic acids is 1. The van der Waals surface area contributed by atoms with Gasteiger partial charge in [0.2, 0.25) is 5.91 Å². The summed E-state index contributed by atoms with van der Waals surface area (Å²) in [6.07, 6.45) is 4.39. The lowest BCUT2D eigenvalue weighted by molar-refractivity contribution is -0.153. The molecule has 5 heteroatoms. The normalized spacial score (nSPS) is 28.6. The zero-order valence-electron chi connectivity index (χ0n) is 11.7. The van der Waals surface area contributed by atoms with Crippen molar-refractivity contribution in [1.82, 2.24) is 9.80 Å². The highest BCUT2D eigenvalue weighted by molar-refractivity contribution is 5.84. The second kappa shape index (κ2) is 6.37. The predicted octanol–water partition coefficient (Wildman–Crippen LogP) is 1.18. The third kappa shape index (κ3) is 3.69. The van der Waals surface area contributed by atoms with Gasteiger partial charge in [-0.15, -0.1) is 0 Å². The van der Waals surface area contributed by atoms with Crippen molar-refractivity contribution in [2.75, 3.05) is 26.2 Å². The minimum atomic E-state index is -0.860. The van der Waals surface area contributed by atoms with E-state index in [1.807, 2.05) is 0 Å². The topological polar surface area (TPSA) is 60.9 Å². The van der Waals surface area contributed by atoms with Crippen molar-refractivity contribution in [1.29, 1.82) is 0 Å². The monoisotopic (exact) mass is 268 g/mol. The van der Waals surface area contributed by atoms with Crippen LogP contribution < -0.4 is 0 Å². The highest BCUT2D eigenvalue weighted by atomic mass is 16.4. The summed E-state index contributed by atoms with van der Waals surface area (Å²) in [6.45, 7) is 5.58. The van der Waals surface area contributed by atoms with Gasteiger partial charge in [-0.05, 0) is 44.7 Å². The molecule has 2 rings (SSSR count). The fourth-order valence-electron chi connectivity index (χ4n) is 3.08. The van der Waals surface area contributed by atoms with Crippen LogP contribution in [0.3, 0.4) is 0 Å². The molecule has 108 valence electrons. The quantitative estimate of drug-likeness (QED) is 0.832. The molecule has 0 aromatic heterocycles. The standard InChI is InChI=1S/C14H24N2O3/c1-11-4-9-16(12(10-11)14(18)19)13(17)5-8-15-6-2-3-7-15/h11-12H,2-10H2,1H3,(H,18,19). The summed E-state index contributed by atoms with van der Waals surface area (Å²) in [4.78, 5) is 27.4. The number of nitrogens with zero attached hydrogens (tertiary/aromatic N) is 2. The number of likely N-dealkylation sites (tertiary alicyclic amines) is 2. The predicted molar refractivity (Wildman–Crippen MR) is 71.8 cm³/mol. The molecule has 1 amide bonds. The number of carboxylic acid groups (broad SMARTS) is 1. The molecule has 2 aliphatic heterocycles. The Balaban J connectivity index is 1.86. The van der Waals surface area contributed by atoms with Gasteiger partial charge in [-0.25, -0.2) is 4.79 Å². The van der Waals surface area contributed by atoms with E-state index >= 15 is 0 Å². The minimum absolute atomic E-state index is 0.00574. The molecule has 2 unspecified atom stereocenters. The Bertz CT molecular complexity index is 340. The first kappa shape index (κ1) is 14.3. The summed E-state index contributed by atoms with van der Waals surface area (Å²) in [6, 6.07) is -0.616. The fourth-order valence-corrected chi connectivity index (χ4v) is 3.08. The second-order valence-electron chi connectivity index (χ2n) is 5.87. The van der Waals surface area contributed by atoms with Gasteiger partial charge in [-0.1, -0.05) is 6.92 Å². The smallest absolute Gasteiger partial charge is 0.326 e. The van der Waals surface area contributed by atoms with Crippen molar-refractivity contribution in [3.8, 4) is 0 Å². The number of carbonyl (C=O) groups is 2. The highest BCUT2D eigenvalue weighted by Crippen LogP contribution is 2.23. The molecule has 5 nitrogen and oxygen atoms in total. The molecule has 0 saturated carbocycles. The Labute approximate surface area is 114 Å². The second-order valence-corrected chi connectivity index (χ2v) is 5.87. The third-order valence-corrected chi connectivity index (χ3v) is 4.31. The first-order valence-corrected chi connectivity index (χ1v) is 7.32. The van der Waals surface area contributed by atoms with Crippen LogP contribution in [0, 0.1) is 5.92 Å².